The van der Waals surface area contributed by atoms with Crippen molar-refractivity contribution in [1.82, 2.24) is 4.90 Å². The summed E-state index contributed by atoms with van der Waals surface area (Å²) in [5.74, 6) is -0.110. The van der Waals surface area contributed by atoms with Crippen LogP contribution in [0.5, 0.6) is 0 Å². The molecule has 2 N–H and O–H groups in total. The van der Waals surface area contributed by atoms with E-state index >= 15 is 0 Å². The summed E-state index contributed by atoms with van der Waals surface area (Å²) in [6.07, 6.45) is 0.701. The molecule has 1 aliphatic rings. The van der Waals surface area contributed by atoms with E-state index in [9.17, 15) is 9.90 Å². The Morgan fingerprint density at radius 3 is 2.89 bits per heavy atom. The van der Waals surface area contributed by atoms with Crippen LogP contribution in [0.2, 0.25) is 5.02 Å². The minimum Gasteiger partial charge on any atom is -0.389 e. The average molecular weight is 269 g/mol. The second kappa shape index (κ2) is 5.26. The number of anilines is 1. The van der Waals surface area contributed by atoms with Gasteiger partial charge in [-0.05, 0) is 25.5 Å². The molecule has 1 saturated heterocycles. The van der Waals surface area contributed by atoms with Crippen LogP contribution in [-0.2, 0) is 4.79 Å². The molecule has 0 aliphatic carbocycles. The quantitative estimate of drug-likeness (QED) is 0.878. The van der Waals surface area contributed by atoms with Gasteiger partial charge in [-0.2, -0.15) is 0 Å². The summed E-state index contributed by atoms with van der Waals surface area (Å²) in [6.45, 7) is 3.34. The first-order chi connectivity index (χ1) is 8.46. The summed E-state index contributed by atoms with van der Waals surface area (Å²) >= 11 is 5.96. The van der Waals surface area contributed by atoms with Gasteiger partial charge in [0.05, 0.1) is 22.9 Å². The van der Waals surface area contributed by atoms with Crippen molar-refractivity contribution < 1.29 is 9.90 Å². The lowest BCUT2D eigenvalue weighted by atomic mass is 10.1. The first-order valence-corrected chi connectivity index (χ1v) is 6.33. The molecule has 5 heteroatoms. The zero-order valence-corrected chi connectivity index (χ0v) is 11.1. The number of nitrogens with one attached hydrogen (secondary N) is 1. The van der Waals surface area contributed by atoms with Crippen LogP contribution in [0.4, 0.5) is 5.69 Å². The molecule has 1 heterocycles. The van der Waals surface area contributed by atoms with E-state index in [1.807, 2.05) is 17.0 Å². The Labute approximate surface area is 112 Å². The van der Waals surface area contributed by atoms with E-state index in [1.54, 1.807) is 19.1 Å². The maximum absolute atomic E-state index is 11.8. The van der Waals surface area contributed by atoms with E-state index in [0.29, 0.717) is 23.7 Å². The van der Waals surface area contributed by atoms with Crippen molar-refractivity contribution in [2.45, 2.75) is 18.9 Å². The van der Waals surface area contributed by atoms with Crippen molar-refractivity contribution in [2.75, 3.05) is 25.0 Å². The second-order valence-electron chi connectivity index (χ2n) is 4.99. The Balaban J connectivity index is 1.88. The molecule has 0 radical (unpaired) electrons. The van der Waals surface area contributed by atoms with Crippen LogP contribution in [0.1, 0.15) is 13.3 Å². The van der Waals surface area contributed by atoms with Crippen LogP contribution in [-0.4, -0.2) is 41.1 Å². The lowest BCUT2D eigenvalue weighted by molar-refractivity contribution is -0.117. The number of benzene rings is 1. The predicted octanol–water partition coefficient (Wildman–Crippen LogP) is 1.74. The van der Waals surface area contributed by atoms with Crippen LogP contribution < -0.4 is 5.32 Å². The van der Waals surface area contributed by atoms with Crippen molar-refractivity contribution >= 4 is 23.2 Å². The number of aliphatic hydroxyl groups is 1. The third kappa shape index (κ3) is 3.45. The highest BCUT2D eigenvalue weighted by Gasteiger charge is 2.31. The van der Waals surface area contributed by atoms with Crippen LogP contribution in [0.15, 0.2) is 24.3 Å². The van der Waals surface area contributed by atoms with Crippen molar-refractivity contribution in [2.24, 2.45) is 0 Å². The largest absolute Gasteiger partial charge is 0.389 e. The number of carbonyl (C=O) groups is 1. The van der Waals surface area contributed by atoms with Gasteiger partial charge < -0.3 is 10.4 Å². The number of hydrogen-bond donors (Lipinski definition) is 2. The number of β-amino-alcohol motifs (C(OH)–C–C–N with tert-alkyl or cyclic N) is 1. The number of likely N-dealkylation sites (tertiary alicyclic amines) is 1. The normalized spacial score (nSPS) is 24.2. The molecule has 4 nitrogen and oxygen atoms in total. The Hall–Kier alpha value is -1.10. The third-order valence-corrected chi connectivity index (χ3v) is 3.38. The third-order valence-electron chi connectivity index (χ3n) is 3.05. The molecule has 0 bridgehead atoms. The van der Waals surface area contributed by atoms with E-state index in [0.717, 1.165) is 6.54 Å². The van der Waals surface area contributed by atoms with Gasteiger partial charge in [0, 0.05) is 13.1 Å². The molecule has 1 atom stereocenters. The molecule has 2 rings (SSSR count). The van der Waals surface area contributed by atoms with Crippen molar-refractivity contribution in [3.8, 4) is 0 Å². The Bertz CT molecular complexity index is 448. The van der Waals surface area contributed by atoms with Gasteiger partial charge in [0.25, 0.3) is 0 Å². The number of carbonyl (C=O) groups excluding carboxylic acids is 1. The number of nitrogens with zero attached hydrogens (tertiary/aromatic N) is 1. The lowest BCUT2D eigenvalue weighted by Crippen LogP contribution is -2.35. The lowest BCUT2D eigenvalue weighted by Gasteiger charge is -2.18. The average Bonchev–Trinajstić information content (AvgIpc) is 2.61. The van der Waals surface area contributed by atoms with Crippen LogP contribution >= 0.6 is 11.6 Å². The van der Waals surface area contributed by atoms with E-state index in [-0.39, 0.29) is 12.5 Å². The summed E-state index contributed by atoms with van der Waals surface area (Å²) in [4.78, 5) is 13.8. The monoisotopic (exact) mass is 268 g/mol. The summed E-state index contributed by atoms with van der Waals surface area (Å²) in [5, 5.41) is 13.1. The summed E-state index contributed by atoms with van der Waals surface area (Å²) in [7, 11) is 0. The van der Waals surface area contributed by atoms with Gasteiger partial charge in [-0.1, -0.05) is 23.7 Å². The molecule has 1 unspecified atom stereocenters. The summed E-state index contributed by atoms with van der Waals surface area (Å²) in [5.41, 5.74) is -0.0554. The number of hydrogen-bond acceptors (Lipinski definition) is 3. The van der Waals surface area contributed by atoms with Crippen LogP contribution in [0.3, 0.4) is 0 Å². The minimum absolute atomic E-state index is 0.110. The zero-order chi connectivity index (χ0) is 13.2. The van der Waals surface area contributed by atoms with E-state index in [4.69, 9.17) is 11.6 Å². The molecule has 98 valence electrons. The van der Waals surface area contributed by atoms with Crippen LogP contribution in [0.25, 0.3) is 0 Å². The van der Waals surface area contributed by atoms with Gasteiger partial charge in [0.2, 0.25) is 5.91 Å². The number of halogens is 1. The zero-order valence-electron chi connectivity index (χ0n) is 10.3. The first-order valence-electron chi connectivity index (χ1n) is 5.95. The maximum atomic E-state index is 11.8. The molecule has 1 aliphatic heterocycles. The Morgan fingerprint density at radius 2 is 2.28 bits per heavy atom. The van der Waals surface area contributed by atoms with Gasteiger partial charge in [-0.15, -0.1) is 0 Å². The maximum Gasteiger partial charge on any atom is 0.238 e. The molecular weight excluding hydrogens is 252 g/mol. The molecule has 18 heavy (non-hydrogen) atoms. The second-order valence-corrected chi connectivity index (χ2v) is 5.39. The first kappa shape index (κ1) is 13.3. The van der Waals surface area contributed by atoms with Crippen LogP contribution in [0, 0.1) is 0 Å². The molecule has 1 aromatic carbocycles. The molecule has 1 aromatic rings. The fourth-order valence-corrected chi connectivity index (χ4v) is 2.31. The number of rotatable bonds is 3. The molecule has 0 saturated carbocycles. The smallest absolute Gasteiger partial charge is 0.238 e. The summed E-state index contributed by atoms with van der Waals surface area (Å²) in [6, 6.07) is 7.13. The van der Waals surface area contributed by atoms with Gasteiger partial charge >= 0.3 is 0 Å². The van der Waals surface area contributed by atoms with Crippen molar-refractivity contribution in [3.63, 3.8) is 0 Å². The topological polar surface area (TPSA) is 52.6 Å². The SMILES string of the molecule is CC1(O)CCN(CC(=O)Nc2ccccc2Cl)C1. The van der Waals surface area contributed by atoms with Gasteiger partial charge in [0.15, 0.2) is 0 Å². The Morgan fingerprint density at radius 1 is 1.56 bits per heavy atom. The summed E-state index contributed by atoms with van der Waals surface area (Å²) < 4.78 is 0. The van der Waals surface area contributed by atoms with Gasteiger partial charge in [0.1, 0.15) is 0 Å². The van der Waals surface area contributed by atoms with Crippen molar-refractivity contribution in [1.29, 1.82) is 0 Å². The molecule has 0 aromatic heterocycles. The standard InChI is InChI=1S/C13H17ClN2O2/c1-13(18)6-7-16(9-13)8-12(17)15-11-5-3-2-4-10(11)14/h2-5,18H,6-9H2,1H3,(H,15,17). The molecular formula is C13H17ClN2O2. The van der Waals surface area contributed by atoms with E-state index in [2.05, 4.69) is 5.32 Å². The van der Waals surface area contributed by atoms with Gasteiger partial charge in [-0.25, -0.2) is 0 Å². The highest BCUT2D eigenvalue weighted by molar-refractivity contribution is 6.33. The fourth-order valence-electron chi connectivity index (χ4n) is 2.13. The van der Waals surface area contributed by atoms with Crippen molar-refractivity contribution in [3.05, 3.63) is 29.3 Å². The molecule has 0 spiro atoms. The molecule has 1 amide bonds. The predicted molar refractivity (Wildman–Crippen MR) is 71.8 cm³/mol. The fraction of sp³-hybridized carbons (Fsp3) is 0.462. The minimum atomic E-state index is -0.676. The van der Waals surface area contributed by atoms with E-state index < -0.39 is 5.60 Å². The highest BCUT2D eigenvalue weighted by atomic mass is 35.5. The number of para-hydroxylation sites is 1. The van der Waals surface area contributed by atoms with Gasteiger partial charge in [-0.3, -0.25) is 9.69 Å². The Kier molecular flexibility index (Phi) is 3.90. The van der Waals surface area contributed by atoms with E-state index in [1.165, 1.54) is 0 Å². The number of amides is 1. The molecule has 1 fully saturated rings. The highest BCUT2D eigenvalue weighted by Crippen LogP contribution is 2.22.